The summed E-state index contributed by atoms with van der Waals surface area (Å²) in [4.78, 5) is 4.48. The van der Waals surface area contributed by atoms with Gasteiger partial charge >= 0.3 is 0 Å². The Kier molecular flexibility index (Phi) is 4.26. The number of rotatable bonds is 5. The van der Waals surface area contributed by atoms with E-state index in [0.717, 1.165) is 30.8 Å². The van der Waals surface area contributed by atoms with Crippen LogP contribution < -0.4 is 15.2 Å². The lowest BCUT2D eigenvalue weighted by Gasteiger charge is -2.12. The number of benzene rings is 1. The minimum atomic E-state index is -0.439. The zero-order valence-corrected chi connectivity index (χ0v) is 12.7. The van der Waals surface area contributed by atoms with Crippen LogP contribution in [0, 0.1) is 0 Å². The molecule has 1 aromatic heterocycles. The predicted octanol–water partition coefficient (Wildman–Crippen LogP) is 1.72. The number of methoxy groups -OCH3 is 2. The minimum absolute atomic E-state index is 0.00106. The van der Waals surface area contributed by atoms with Gasteiger partial charge in [-0.25, -0.2) is 4.98 Å². The van der Waals surface area contributed by atoms with E-state index >= 15 is 0 Å². The highest BCUT2D eigenvalue weighted by atomic mass is 16.5. The number of nitrogens with zero attached hydrogens (tertiary/aromatic N) is 2. The molecule has 7 heteroatoms. The van der Waals surface area contributed by atoms with E-state index in [4.69, 9.17) is 19.9 Å². The van der Waals surface area contributed by atoms with E-state index < -0.39 is 6.04 Å². The first kappa shape index (κ1) is 14.8. The van der Waals surface area contributed by atoms with Crippen LogP contribution in [0.4, 0.5) is 0 Å². The molecule has 0 bridgehead atoms. The summed E-state index contributed by atoms with van der Waals surface area (Å²) in [5.41, 5.74) is 7.12. The van der Waals surface area contributed by atoms with Gasteiger partial charge in [-0.3, -0.25) is 5.10 Å². The second-order valence-electron chi connectivity index (χ2n) is 5.17. The Bertz CT molecular complexity index is 637. The molecule has 1 aliphatic rings. The maximum Gasteiger partial charge on any atom is 0.171 e. The molecule has 2 heterocycles. The van der Waals surface area contributed by atoms with Crippen molar-refractivity contribution in [2.75, 3.05) is 20.8 Å². The van der Waals surface area contributed by atoms with Crippen LogP contribution in [0.15, 0.2) is 18.2 Å². The molecule has 0 radical (unpaired) electrons. The molecule has 1 saturated heterocycles. The summed E-state index contributed by atoms with van der Waals surface area (Å²) in [6.07, 6.45) is 2.00. The number of hydrogen-bond acceptors (Lipinski definition) is 6. The fraction of sp³-hybridized carbons (Fsp3) is 0.467. The summed E-state index contributed by atoms with van der Waals surface area (Å²) >= 11 is 0. The first-order valence-electron chi connectivity index (χ1n) is 7.24. The number of ether oxygens (including phenoxy) is 3. The molecule has 0 amide bonds. The van der Waals surface area contributed by atoms with Gasteiger partial charge < -0.3 is 19.9 Å². The summed E-state index contributed by atoms with van der Waals surface area (Å²) in [5.74, 6) is 2.57. The molecule has 2 aromatic rings. The van der Waals surface area contributed by atoms with E-state index in [1.54, 1.807) is 14.2 Å². The van der Waals surface area contributed by atoms with Gasteiger partial charge in [-0.15, -0.1) is 0 Å². The lowest BCUT2D eigenvalue weighted by atomic mass is 10.1. The van der Waals surface area contributed by atoms with Crippen LogP contribution in [0.1, 0.15) is 42.2 Å². The van der Waals surface area contributed by atoms with Crippen LogP contribution in [-0.2, 0) is 4.74 Å². The van der Waals surface area contributed by atoms with E-state index in [0.29, 0.717) is 17.3 Å². The molecular weight excluding hydrogens is 284 g/mol. The molecule has 2 atom stereocenters. The number of aromatic amines is 1. The molecule has 22 heavy (non-hydrogen) atoms. The van der Waals surface area contributed by atoms with E-state index in [1.807, 2.05) is 18.2 Å². The van der Waals surface area contributed by atoms with Crippen LogP contribution in [0.2, 0.25) is 0 Å². The molecule has 2 unspecified atom stereocenters. The fourth-order valence-corrected chi connectivity index (χ4v) is 2.56. The molecule has 1 aliphatic heterocycles. The van der Waals surface area contributed by atoms with Gasteiger partial charge in [-0.2, -0.15) is 5.10 Å². The predicted molar refractivity (Wildman–Crippen MR) is 79.9 cm³/mol. The number of aromatic nitrogens is 3. The first-order valence-corrected chi connectivity index (χ1v) is 7.24. The number of H-pyrrole nitrogens is 1. The summed E-state index contributed by atoms with van der Waals surface area (Å²) in [6, 6.07) is 5.10. The van der Waals surface area contributed by atoms with Gasteiger partial charge in [-0.1, -0.05) is 6.07 Å². The van der Waals surface area contributed by atoms with Gasteiger partial charge in [0.15, 0.2) is 23.1 Å². The van der Waals surface area contributed by atoms with E-state index in [2.05, 4.69) is 15.2 Å². The Morgan fingerprint density at radius 2 is 2.14 bits per heavy atom. The lowest BCUT2D eigenvalue weighted by Crippen LogP contribution is -2.14. The van der Waals surface area contributed by atoms with E-state index in [1.165, 1.54) is 0 Å². The summed E-state index contributed by atoms with van der Waals surface area (Å²) in [7, 11) is 3.19. The Morgan fingerprint density at radius 1 is 1.32 bits per heavy atom. The average Bonchev–Trinajstić information content (AvgIpc) is 3.24. The number of hydrogen-bond donors (Lipinski definition) is 2. The van der Waals surface area contributed by atoms with Crippen molar-refractivity contribution >= 4 is 0 Å². The van der Waals surface area contributed by atoms with Crippen LogP contribution in [0.5, 0.6) is 11.5 Å². The zero-order chi connectivity index (χ0) is 15.5. The van der Waals surface area contributed by atoms with Crippen molar-refractivity contribution in [3.8, 4) is 11.5 Å². The SMILES string of the molecule is COc1ccc(C(N)c2n[nH]c(C3CCCO3)n2)cc1OC. The van der Waals surface area contributed by atoms with Gasteiger partial charge in [-0.05, 0) is 30.5 Å². The Morgan fingerprint density at radius 3 is 2.82 bits per heavy atom. The summed E-state index contributed by atoms with van der Waals surface area (Å²) < 4.78 is 16.1. The zero-order valence-electron chi connectivity index (χ0n) is 12.7. The highest BCUT2D eigenvalue weighted by Crippen LogP contribution is 2.31. The van der Waals surface area contributed by atoms with E-state index in [9.17, 15) is 0 Å². The van der Waals surface area contributed by atoms with Gasteiger partial charge in [0.2, 0.25) is 0 Å². The van der Waals surface area contributed by atoms with Crippen molar-refractivity contribution in [3.63, 3.8) is 0 Å². The Balaban J connectivity index is 1.82. The highest BCUT2D eigenvalue weighted by Gasteiger charge is 2.23. The van der Waals surface area contributed by atoms with Gasteiger partial charge in [0.05, 0.1) is 20.3 Å². The molecule has 1 fully saturated rings. The second kappa shape index (κ2) is 6.33. The lowest BCUT2D eigenvalue weighted by molar-refractivity contribution is 0.105. The molecule has 0 aliphatic carbocycles. The number of nitrogens with two attached hydrogens (primary N) is 1. The molecule has 118 valence electrons. The van der Waals surface area contributed by atoms with Gasteiger partial charge in [0.1, 0.15) is 6.10 Å². The van der Waals surface area contributed by atoms with Crippen molar-refractivity contribution in [1.82, 2.24) is 15.2 Å². The Hall–Kier alpha value is -2.12. The molecule has 7 nitrogen and oxygen atoms in total. The normalized spacial score (nSPS) is 19.1. The largest absolute Gasteiger partial charge is 0.493 e. The third-order valence-corrected chi connectivity index (χ3v) is 3.80. The summed E-state index contributed by atoms with van der Waals surface area (Å²) in [6.45, 7) is 0.766. The topological polar surface area (TPSA) is 95.3 Å². The Labute approximate surface area is 128 Å². The van der Waals surface area contributed by atoms with Crippen LogP contribution >= 0.6 is 0 Å². The molecule has 0 spiro atoms. The standard InChI is InChI=1S/C15H20N4O3/c1-20-10-6-5-9(8-12(10)21-2)13(16)15-17-14(18-19-15)11-4-3-7-22-11/h5-6,8,11,13H,3-4,7,16H2,1-2H3,(H,17,18,19). The molecule has 0 saturated carbocycles. The quantitative estimate of drug-likeness (QED) is 0.873. The minimum Gasteiger partial charge on any atom is -0.493 e. The maximum atomic E-state index is 6.26. The third kappa shape index (κ3) is 2.77. The molecular formula is C15H20N4O3. The molecule has 3 N–H and O–H groups in total. The average molecular weight is 304 g/mol. The molecule has 3 rings (SSSR count). The monoisotopic (exact) mass is 304 g/mol. The summed E-state index contributed by atoms with van der Waals surface area (Å²) in [5, 5.41) is 7.15. The van der Waals surface area contributed by atoms with Gasteiger partial charge in [0.25, 0.3) is 0 Å². The van der Waals surface area contributed by atoms with Crippen LogP contribution in [0.25, 0.3) is 0 Å². The van der Waals surface area contributed by atoms with Crippen molar-refractivity contribution in [1.29, 1.82) is 0 Å². The second-order valence-corrected chi connectivity index (χ2v) is 5.17. The maximum absolute atomic E-state index is 6.26. The van der Waals surface area contributed by atoms with Crippen LogP contribution in [0.3, 0.4) is 0 Å². The van der Waals surface area contributed by atoms with Crippen LogP contribution in [-0.4, -0.2) is 36.0 Å². The number of nitrogens with one attached hydrogen (secondary N) is 1. The van der Waals surface area contributed by atoms with E-state index in [-0.39, 0.29) is 6.10 Å². The fourth-order valence-electron chi connectivity index (χ4n) is 2.56. The van der Waals surface area contributed by atoms with Crippen molar-refractivity contribution in [2.24, 2.45) is 5.73 Å². The first-order chi connectivity index (χ1) is 10.7. The highest BCUT2D eigenvalue weighted by molar-refractivity contribution is 5.44. The van der Waals surface area contributed by atoms with Crippen molar-refractivity contribution < 1.29 is 14.2 Å². The van der Waals surface area contributed by atoms with Gasteiger partial charge in [0, 0.05) is 6.61 Å². The smallest absolute Gasteiger partial charge is 0.171 e. The van der Waals surface area contributed by atoms with Crippen molar-refractivity contribution in [2.45, 2.75) is 25.0 Å². The third-order valence-electron chi connectivity index (χ3n) is 3.80. The van der Waals surface area contributed by atoms with Crippen molar-refractivity contribution in [3.05, 3.63) is 35.4 Å². The molecule has 1 aromatic carbocycles.